The molecule has 2 rings (SSSR count). The van der Waals surface area contributed by atoms with E-state index < -0.39 is 0 Å². The Hall–Kier alpha value is 0.270. The van der Waals surface area contributed by atoms with Crippen LogP contribution in [-0.2, 0) is 0 Å². The molecule has 0 heterocycles. The molecule has 2 aromatic carbocycles. The first-order chi connectivity index (χ1) is 9.32. The van der Waals surface area contributed by atoms with E-state index in [2.05, 4.69) is 0 Å². The Morgan fingerprint density at radius 1 is 0.600 bits per heavy atom. The molecule has 0 aliphatic heterocycles. The maximum absolute atomic E-state index is 6.05. The molecular formula is C12H3Cl7O. The molecule has 106 valence electrons. The van der Waals surface area contributed by atoms with E-state index in [1.54, 1.807) is 6.07 Å². The van der Waals surface area contributed by atoms with E-state index in [1.807, 2.05) is 0 Å². The minimum Gasteiger partial charge on any atom is -0.452 e. The minimum atomic E-state index is 0.0742. The van der Waals surface area contributed by atoms with Crippen LogP contribution in [-0.4, -0.2) is 0 Å². The first-order valence-corrected chi connectivity index (χ1v) is 7.61. The number of ether oxygens (including phenoxy) is 1. The van der Waals surface area contributed by atoms with Crippen LogP contribution in [0.25, 0.3) is 0 Å². The molecule has 0 bridgehead atoms. The second kappa shape index (κ2) is 6.58. The van der Waals surface area contributed by atoms with Gasteiger partial charge in [-0.1, -0.05) is 81.2 Å². The monoisotopic (exact) mass is 408 g/mol. The van der Waals surface area contributed by atoms with Crippen LogP contribution >= 0.6 is 81.2 Å². The summed E-state index contributed by atoms with van der Waals surface area (Å²) < 4.78 is 5.56. The summed E-state index contributed by atoms with van der Waals surface area (Å²) >= 11 is 41.7. The van der Waals surface area contributed by atoms with Gasteiger partial charge in [-0.3, -0.25) is 0 Å². The zero-order chi connectivity index (χ0) is 15.0. The summed E-state index contributed by atoms with van der Waals surface area (Å²) in [6, 6.07) is 4.49. The Balaban J connectivity index is 2.54. The second-order valence-electron chi connectivity index (χ2n) is 3.57. The minimum absolute atomic E-state index is 0.0742. The Labute approximate surface area is 150 Å². The molecule has 0 N–H and O–H groups in total. The third-order valence-electron chi connectivity index (χ3n) is 2.28. The van der Waals surface area contributed by atoms with Crippen molar-refractivity contribution in [2.45, 2.75) is 0 Å². The zero-order valence-electron chi connectivity index (χ0n) is 9.29. The lowest BCUT2D eigenvalue weighted by Gasteiger charge is -2.13. The van der Waals surface area contributed by atoms with Crippen molar-refractivity contribution in [1.29, 1.82) is 0 Å². The molecule has 0 saturated carbocycles. The van der Waals surface area contributed by atoms with Crippen molar-refractivity contribution in [2.24, 2.45) is 0 Å². The van der Waals surface area contributed by atoms with Gasteiger partial charge in [0.1, 0.15) is 15.8 Å². The molecular weight excluding hydrogens is 408 g/mol. The van der Waals surface area contributed by atoms with Crippen molar-refractivity contribution < 1.29 is 4.74 Å². The standard InChI is InChI=1S/C12H3Cl7O/c13-4-1-2-5(14)12(9(4)17)20-7-3-6(15)8(16)11(19)10(7)18/h1-3H. The van der Waals surface area contributed by atoms with E-state index in [1.165, 1.54) is 12.1 Å². The fourth-order valence-corrected chi connectivity index (χ4v) is 2.76. The van der Waals surface area contributed by atoms with Crippen LogP contribution in [0.3, 0.4) is 0 Å². The third kappa shape index (κ3) is 3.20. The van der Waals surface area contributed by atoms with Gasteiger partial charge in [-0.25, -0.2) is 0 Å². The summed E-state index contributed by atoms with van der Waals surface area (Å²) in [4.78, 5) is 0. The summed E-state index contributed by atoms with van der Waals surface area (Å²) in [7, 11) is 0. The summed E-state index contributed by atoms with van der Waals surface area (Å²) in [6.45, 7) is 0. The molecule has 0 unspecified atom stereocenters. The fraction of sp³-hybridized carbons (Fsp3) is 0. The maximum atomic E-state index is 6.05. The van der Waals surface area contributed by atoms with Gasteiger partial charge in [-0.05, 0) is 12.1 Å². The summed E-state index contributed by atoms with van der Waals surface area (Å²) in [5.41, 5.74) is 0. The molecule has 1 nitrogen and oxygen atoms in total. The molecule has 2 aromatic rings. The van der Waals surface area contributed by atoms with E-state index in [-0.39, 0.29) is 46.7 Å². The first-order valence-electron chi connectivity index (χ1n) is 4.97. The number of hydrogen-bond donors (Lipinski definition) is 0. The number of hydrogen-bond acceptors (Lipinski definition) is 1. The van der Waals surface area contributed by atoms with Gasteiger partial charge in [0.25, 0.3) is 0 Å². The van der Waals surface area contributed by atoms with Gasteiger partial charge in [-0.2, -0.15) is 0 Å². The smallest absolute Gasteiger partial charge is 0.166 e. The predicted octanol–water partition coefficient (Wildman–Crippen LogP) is 8.05. The lowest BCUT2D eigenvalue weighted by molar-refractivity contribution is 0.483. The zero-order valence-corrected chi connectivity index (χ0v) is 14.6. The van der Waals surface area contributed by atoms with E-state index in [0.717, 1.165) is 0 Å². The van der Waals surface area contributed by atoms with Gasteiger partial charge >= 0.3 is 0 Å². The molecule has 0 spiro atoms. The van der Waals surface area contributed by atoms with Crippen molar-refractivity contribution in [1.82, 2.24) is 0 Å². The van der Waals surface area contributed by atoms with E-state index in [0.29, 0.717) is 0 Å². The van der Waals surface area contributed by atoms with Gasteiger partial charge in [0, 0.05) is 6.07 Å². The van der Waals surface area contributed by atoms with Crippen molar-refractivity contribution in [3.8, 4) is 11.5 Å². The largest absolute Gasteiger partial charge is 0.452 e. The van der Waals surface area contributed by atoms with Gasteiger partial charge in [-0.15, -0.1) is 0 Å². The van der Waals surface area contributed by atoms with Gasteiger partial charge in [0.2, 0.25) is 0 Å². The molecule has 0 aliphatic rings. The van der Waals surface area contributed by atoms with Crippen LogP contribution in [0.4, 0.5) is 0 Å². The highest BCUT2D eigenvalue weighted by Crippen LogP contribution is 2.46. The molecule has 0 amide bonds. The molecule has 0 radical (unpaired) electrons. The third-order valence-corrected chi connectivity index (χ3v) is 5.10. The van der Waals surface area contributed by atoms with Gasteiger partial charge in [0.15, 0.2) is 5.75 Å². The van der Waals surface area contributed by atoms with Crippen LogP contribution in [0.5, 0.6) is 11.5 Å². The summed E-state index contributed by atoms with van der Waals surface area (Å²) in [5.74, 6) is 0.314. The van der Waals surface area contributed by atoms with E-state index in [4.69, 9.17) is 85.9 Å². The molecule has 0 aromatic heterocycles. The molecule has 8 heteroatoms. The number of halogens is 7. The first kappa shape index (κ1) is 16.6. The summed E-state index contributed by atoms with van der Waals surface area (Å²) in [5, 5.41) is 1.18. The van der Waals surface area contributed by atoms with Crippen LogP contribution in [0.15, 0.2) is 18.2 Å². The Kier molecular flexibility index (Phi) is 5.47. The highest BCUT2D eigenvalue weighted by Gasteiger charge is 2.18. The average Bonchev–Trinajstić information content (AvgIpc) is 2.42. The molecule has 0 fully saturated rings. The van der Waals surface area contributed by atoms with Crippen molar-refractivity contribution in [2.75, 3.05) is 0 Å². The lowest BCUT2D eigenvalue weighted by atomic mass is 10.3. The van der Waals surface area contributed by atoms with Gasteiger partial charge < -0.3 is 4.74 Å². The molecule has 0 atom stereocenters. The number of benzene rings is 2. The predicted molar refractivity (Wildman–Crippen MR) is 88.0 cm³/mol. The van der Waals surface area contributed by atoms with Crippen LogP contribution in [0.1, 0.15) is 0 Å². The average molecular weight is 411 g/mol. The van der Waals surface area contributed by atoms with Crippen molar-refractivity contribution in [3.63, 3.8) is 0 Å². The summed E-state index contributed by atoms with van der Waals surface area (Å²) in [6.07, 6.45) is 0. The molecule has 0 aliphatic carbocycles. The quantitative estimate of drug-likeness (QED) is 0.359. The Bertz CT molecular complexity index is 684. The fourth-order valence-electron chi connectivity index (χ4n) is 1.34. The van der Waals surface area contributed by atoms with Gasteiger partial charge in [0.05, 0.1) is 25.1 Å². The normalized spacial score (nSPS) is 10.8. The van der Waals surface area contributed by atoms with Crippen molar-refractivity contribution in [3.05, 3.63) is 53.4 Å². The number of rotatable bonds is 2. The SMILES string of the molecule is Clc1cc(Oc2c(Cl)ccc(Cl)c2Cl)c(Cl)c(Cl)c1Cl. The molecule has 20 heavy (non-hydrogen) atoms. The van der Waals surface area contributed by atoms with Crippen LogP contribution < -0.4 is 4.74 Å². The Morgan fingerprint density at radius 3 is 1.85 bits per heavy atom. The van der Waals surface area contributed by atoms with Crippen LogP contribution in [0.2, 0.25) is 35.2 Å². The topological polar surface area (TPSA) is 9.23 Å². The van der Waals surface area contributed by atoms with E-state index >= 15 is 0 Å². The maximum Gasteiger partial charge on any atom is 0.166 e. The molecule has 0 saturated heterocycles. The second-order valence-corrected chi connectivity index (χ2v) is 6.31. The van der Waals surface area contributed by atoms with Crippen molar-refractivity contribution >= 4 is 81.2 Å². The Morgan fingerprint density at radius 2 is 1.20 bits per heavy atom. The van der Waals surface area contributed by atoms with E-state index in [9.17, 15) is 0 Å². The highest BCUT2D eigenvalue weighted by atomic mass is 35.5. The lowest BCUT2D eigenvalue weighted by Crippen LogP contribution is -1.90. The van der Waals surface area contributed by atoms with Crippen LogP contribution in [0, 0.1) is 0 Å². The highest BCUT2D eigenvalue weighted by molar-refractivity contribution is 6.52.